The third-order valence-corrected chi connectivity index (χ3v) is 2.91. The van der Waals surface area contributed by atoms with E-state index in [1.165, 1.54) is 6.07 Å². The first kappa shape index (κ1) is 12.4. The Balaban J connectivity index is 2.47. The molecule has 2 aromatic rings. The molecule has 2 rings (SSSR count). The lowest BCUT2D eigenvalue weighted by Gasteiger charge is -2.11. The first-order chi connectivity index (χ1) is 8.59. The van der Waals surface area contributed by atoms with Crippen molar-refractivity contribution < 1.29 is 0 Å². The van der Waals surface area contributed by atoms with Crippen molar-refractivity contribution in [3.8, 4) is 0 Å². The summed E-state index contributed by atoms with van der Waals surface area (Å²) in [6.45, 7) is 2.31. The first-order valence-corrected chi connectivity index (χ1v) is 5.90. The number of aromatic nitrogens is 2. The number of nitrogens with zero attached hydrogens (tertiary/aromatic N) is 2. The van der Waals surface area contributed by atoms with E-state index in [1.807, 2.05) is 19.1 Å². The van der Waals surface area contributed by atoms with Gasteiger partial charge in [0.05, 0.1) is 6.54 Å². The summed E-state index contributed by atoms with van der Waals surface area (Å²) in [5.41, 5.74) is 7.89. The van der Waals surface area contributed by atoms with Crippen LogP contribution in [0, 0.1) is 6.92 Å². The average Bonchev–Trinajstić information content (AvgIpc) is 2.34. The Hall–Kier alpha value is -2.01. The summed E-state index contributed by atoms with van der Waals surface area (Å²) < 4.78 is 1.67. The second-order valence-corrected chi connectivity index (χ2v) is 4.41. The van der Waals surface area contributed by atoms with E-state index >= 15 is 0 Å². The van der Waals surface area contributed by atoms with E-state index < -0.39 is 0 Å². The molecule has 0 aromatic carbocycles. The molecular weight excluding hydrogens is 246 g/mol. The predicted octanol–water partition coefficient (Wildman–Crippen LogP) is 1.23. The first-order valence-electron chi connectivity index (χ1n) is 5.50. The number of nitrogens with two attached hydrogens (primary N) is 1. The average molecular weight is 259 g/mol. The van der Waals surface area contributed by atoms with Gasteiger partial charge < -0.3 is 10.3 Å². The van der Waals surface area contributed by atoms with Gasteiger partial charge in [-0.3, -0.25) is 9.78 Å². The van der Waals surface area contributed by atoms with Crippen molar-refractivity contribution in [3.05, 3.63) is 63.8 Å². The Morgan fingerprint density at radius 2 is 2.17 bits per heavy atom. The van der Waals surface area contributed by atoms with Crippen LogP contribution < -0.4 is 11.3 Å². The summed E-state index contributed by atoms with van der Waals surface area (Å²) in [5, 5.41) is 0. The predicted molar refractivity (Wildman–Crippen MR) is 74.7 cm³/mol. The van der Waals surface area contributed by atoms with Crippen molar-refractivity contribution in [2.75, 3.05) is 0 Å². The van der Waals surface area contributed by atoms with Crippen LogP contribution >= 0.6 is 12.2 Å². The largest absolute Gasteiger partial charge is 0.388 e. The molecule has 18 heavy (non-hydrogen) atoms. The molecule has 0 saturated heterocycles. The van der Waals surface area contributed by atoms with Gasteiger partial charge in [-0.2, -0.15) is 0 Å². The third kappa shape index (κ3) is 2.46. The van der Waals surface area contributed by atoms with Crippen LogP contribution in [0.4, 0.5) is 0 Å². The summed E-state index contributed by atoms with van der Waals surface area (Å²) in [6.07, 6.45) is 1.64. The summed E-state index contributed by atoms with van der Waals surface area (Å²) in [6, 6.07) is 8.84. The minimum Gasteiger partial charge on any atom is -0.388 e. The Bertz CT molecular complexity index is 649. The van der Waals surface area contributed by atoms with Gasteiger partial charge in [0, 0.05) is 23.5 Å². The highest BCUT2D eigenvalue weighted by Crippen LogP contribution is 2.08. The van der Waals surface area contributed by atoms with Crippen molar-refractivity contribution in [1.82, 2.24) is 9.55 Å². The highest BCUT2D eigenvalue weighted by Gasteiger charge is 2.08. The number of hydrogen-bond acceptors (Lipinski definition) is 3. The van der Waals surface area contributed by atoms with Gasteiger partial charge in [0.25, 0.3) is 5.56 Å². The van der Waals surface area contributed by atoms with Crippen LogP contribution in [0.2, 0.25) is 0 Å². The third-order valence-electron chi connectivity index (χ3n) is 2.72. The van der Waals surface area contributed by atoms with Gasteiger partial charge >= 0.3 is 0 Å². The molecule has 0 saturated carbocycles. The molecule has 0 aliphatic heterocycles. The molecule has 0 fully saturated rings. The fourth-order valence-corrected chi connectivity index (χ4v) is 1.97. The Morgan fingerprint density at radius 3 is 2.83 bits per heavy atom. The smallest absolute Gasteiger partial charge is 0.251 e. The molecule has 0 atom stereocenters. The molecule has 0 aliphatic carbocycles. The number of pyridine rings is 2. The van der Waals surface area contributed by atoms with E-state index in [2.05, 4.69) is 4.98 Å². The SMILES string of the molecule is Cc1cccc(=O)n1Cc1cccnc1C(N)=S. The maximum Gasteiger partial charge on any atom is 0.251 e. The van der Waals surface area contributed by atoms with E-state index in [0.29, 0.717) is 12.2 Å². The normalized spacial score (nSPS) is 10.3. The van der Waals surface area contributed by atoms with Crippen LogP contribution in [0.15, 0.2) is 41.3 Å². The summed E-state index contributed by atoms with van der Waals surface area (Å²) in [7, 11) is 0. The molecule has 0 radical (unpaired) electrons. The van der Waals surface area contributed by atoms with E-state index in [9.17, 15) is 4.79 Å². The van der Waals surface area contributed by atoms with Crippen LogP contribution in [0.1, 0.15) is 17.0 Å². The molecule has 2 N–H and O–H groups in total. The molecule has 2 aromatic heterocycles. The van der Waals surface area contributed by atoms with Crippen LogP contribution in [-0.4, -0.2) is 14.5 Å². The zero-order chi connectivity index (χ0) is 13.1. The van der Waals surface area contributed by atoms with Gasteiger partial charge in [-0.25, -0.2) is 0 Å². The second kappa shape index (κ2) is 5.10. The van der Waals surface area contributed by atoms with Crippen LogP contribution in [0.5, 0.6) is 0 Å². The van der Waals surface area contributed by atoms with E-state index in [0.717, 1.165) is 11.3 Å². The van der Waals surface area contributed by atoms with Gasteiger partial charge in [-0.05, 0) is 19.1 Å². The van der Waals surface area contributed by atoms with Crippen molar-refractivity contribution >= 4 is 17.2 Å². The topological polar surface area (TPSA) is 60.9 Å². The van der Waals surface area contributed by atoms with Gasteiger partial charge in [0.15, 0.2) is 0 Å². The highest BCUT2D eigenvalue weighted by atomic mass is 32.1. The van der Waals surface area contributed by atoms with Gasteiger partial charge in [-0.1, -0.05) is 24.4 Å². The lowest BCUT2D eigenvalue weighted by atomic mass is 10.2. The molecule has 0 spiro atoms. The Kier molecular flexibility index (Phi) is 3.53. The molecule has 0 bridgehead atoms. The minimum atomic E-state index is -0.0484. The molecule has 5 heteroatoms. The molecule has 0 amide bonds. The fraction of sp³-hybridized carbons (Fsp3) is 0.154. The zero-order valence-corrected chi connectivity index (χ0v) is 10.8. The van der Waals surface area contributed by atoms with Crippen LogP contribution in [0.25, 0.3) is 0 Å². The van der Waals surface area contributed by atoms with Gasteiger partial charge in [0.1, 0.15) is 10.7 Å². The zero-order valence-electron chi connectivity index (χ0n) is 9.96. The minimum absolute atomic E-state index is 0.0484. The van der Waals surface area contributed by atoms with Gasteiger partial charge in [0.2, 0.25) is 0 Å². The second-order valence-electron chi connectivity index (χ2n) is 3.97. The number of hydrogen-bond donors (Lipinski definition) is 1. The quantitative estimate of drug-likeness (QED) is 0.842. The molecule has 92 valence electrons. The maximum atomic E-state index is 11.8. The molecule has 0 unspecified atom stereocenters. The lowest BCUT2D eigenvalue weighted by Crippen LogP contribution is -2.24. The monoisotopic (exact) mass is 259 g/mol. The van der Waals surface area contributed by atoms with Crippen molar-refractivity contribution in [2.45, 2.75) is 13.5 Å². The van der Waals surface area contributed by atoms with Crippen molar-refractivity contribution in [1.29, 1.82) is 0 Å². The summed E-state index contributed by atoms with van der Waals surface area (Å²) in [4.78, 5) is 16.2. The highest BCUT2D eigenvalue weighted by molar-refractivity contribution is 7.80. The number of aryl methyl sites for hydroxylation is 1. The van der Waals surface area contributed by atoms with E-state index in [-0.39, 0.29) is 10.5 Å². The molecule has 0 aliphatic rings. The molecular formula is C13H13N3OS. The van der Waals surface area contributed by atoms with Crippen molar-refractivity contribution in [2.24, 2.45) is 5.73 Å². The summed E-state index contributed by atoms with van der Waals surface area (Å²) >= 11 is 4.96. The number of thiocarbonyl (C=S) groups is 1. The fourth-order valence-electron chi connectivity index (χ4n) is 1.78. The standard InChI is InChI=1S/C13H13N3OS/c1-9-4-2-6-11(17)16(9)8-10-5-3-7-15-12(10)13(14)18/h2-7H,8H2,1H3,(H2,14,18). The molecule has 2 heterocycles. The van der Waals surface area contributed by atoms with Crippen LogP contribution in [0.3, 0.4) is 0 Å². The Labute approximate surface area is 110 Å². The van der Waals surface area contributed by atoms with E-state index in [1.54, 1.807) is 22.9 Å². The van der Waals surface area contributed by atoms with Crippen molar-refractivity contribution in [3.63, 3.8) is 0 Å². The Morgan fingerprint density at radius 1 is 1.39 bits per heavy atom. The maximum absolute atomic E-state index is 11.8. The lowest BCUT2D eigenvalue weighted by molar-refractivity contribution is 0.726. The van der Waals surface area contributed by atoms with E-state index in [4.69, 9.17) is 18.0 Å². The number of rotatable bonds is 3. The van der Waals surface area contributed by atoms with Crippen LogP contribution in [-0.2, 0) is 6.54 Å². The van der Waals surface area contributed by atoms with Gasteiger partial charge in [-0.15, -0.1) is 0 Å². The summed E-state index contributed by atoms with van der Waals surface area (Å²) in [5.74, 6) is 0. The molecule has 4 nitrogen and oxygen atoms in total.